The summed E-state index contributed by atoms with van der Waals surface area (Å²) in [5.74, 6) is -1.15. The van der Waals surface area contributed by atoms with E-state index in [1.54, 1.807) is 25.1 Å². The molecule has 0 aliphatic heterocycles. The van der Waals surface area contributed by atoms with Gasteiger partial charge in [-0.1, -0.05) is 12.1 Å². The molecule has 1 atom stereocenters. The number of amides is 3. The van der Waals surface area contributed by atoms with Gasteiger partial charge in [-0.05, 0) is 26.0 Å². The number of hydrogen-bond donors (Lipinski definition) is 2. The molecule has 1 aromatic carbocycles. The molecule has 108 valence electrons. The van der Waals surface area contributed by atoms with Crippen molar-refractivity contribution in [3.63, 3.8) is 0 Å². The van der Waals surface area contributed by atoms with Crippen LogP contribution in [0.4, 0.5) is 4.79 Å². The highest BCUT2D eigenvalue weighted by Crippen LogP contribution is 2.19. The third-order valence-corrected chi connectivity index (χ3v) is 2.31. The lowest BCUT2D eigenvalue weighted by molar-refractivity contribution is -0.127. The Morgan fingerprint density at radius 3 is 2.55 bits per heavy atom. The number of para-hydroxylation sites is 1. The molecule has 0 saturated carbocycles. The van der Waals surface area contributed by atoms with Crippen molar-refractivity contribution in [3.8, 4) is 5.75 Å². The number of carbonyl (C=O) groups is 3. The maximum Gasteiger partial charge on any atom is 0.342 e. The number of rotatable bonds is 5. The fraction of sp³-hybridized carbons (Fsp3) is 0.308. The number of ether oxygens (including phenoxy) is 2. The average molecular weight is 280 g/mol. The normalized spacial score (nSPS) is 11.3. The van der Waals surface area contributed by atoms with Gasteiger partial charge in [0.05, 0.1) is 6.61 Å². The van der Waals surface area contributed by atoms with E-state index < -0.39 is 24.0 Å². The first kappa shape index (κ1) is 15.5. The Morgan fingerprint density at radius 2 is 1.95 bits per heavy atom. The molecule has 0 heterocycles. The first-order chi connectivity index (χ1) is 9.45. The van der Waals surface area contributed by atoms with Crippen molar-refractivity contribution in [1.29, 1.82) is 0 Å². The van der Waals surface area contributed by atoms with Crippen molar-refractivity contribution < 1.29 is 23.9 Å². The Labute approximate surface area is 116 Å². The summed E-state index contributed by atoms with van der Waals surface area (Å²) in [6.45, 7) is 3.51. The Hall–Kier alpha value is -2.57. The number of urea groups is 1. The maximum atomic E-state index is 11.9. The number of nitrogens with two attached hydrogens (primary N) is 1. The van der Waals surface area contributed by atoms with Crippen LogP contribution in [0.2, 0.25) is 0 Å². The summed E-state index contributed by atoms with van der Waals surface area (Å²) in [4.78, 5) is 33.9. The van der Waals surface area contributed by atoms with Crippen molar-refractivity contribution in [1.82, 2.24) is 5.32 Å². The van der Waals surface area contributed by atoms with E-state index in [0.29, 0.717) is 12.4 Å². The molecule has 0 fully saturated rings. The highest BCUT2D eigenvalue weighted by Gasteiger charge is 2.21. The summed E-state index contributed by atoms with van der Waals surface area (Å²) in [7, 11) is 0. The van der Waals surface area contributed by atoms with Crippen molar-refractivity contribution in [2.24, 2.45) is 5.73 Å². The Kier molecular flexibility index (Phi) is 5.52. The number of esters is 1. The lowest BCUT2D eigenvalue weighted by Crippen LogP contribution is -2.42. The monoisotopic (exact) mass is 280 g/mol. The lowest BCUT2D eigenvalue weighted by atomic mass is 10.2. The van der Waals surface area contributed by atoms with Crippen LogP contribution < -0.4 is 15.8 Å². The minimum atomic E-state index is -1.15. The van der Waals surface area contributed by atoms with Crippen LogP contribution in [0, 0.1) is 0 Å². The Morgan fingerprint density at radius 1 is 1.30 bits per heavy atom. The van der Waals surface area contributed by atoms with E-state index in [9.17, 15) is 14.4 Å². The van der Waals surface area contributed by atoms with E-state index in [1.165, 1.54) is 13.0 Å². The highest BCUT2D eigenvalue weighted by molar-refractivity contribution is 5.98. The van der Waals surface area contributed by atoms with Gasteiger partial charge in [-0.15, -0.1) is 0 Å². The molecular formula is C13H16N2O5. The van der Waals surface area contributed by atoms with Crippen LogP contribution in [-0.2, 0) is 9.53 Å². The molecule has 0 aliphatic rings. The molecule has 1 unspecified atom stereocenters. The van der Waals surface area contributed by atoms with Gasteiger partial charge >= 0.3 is 12.0 Å². The van der Waals surface area contributed by atoms with E-state index in [2.05, 4.69) is 0 Å². The SMILES string of the molecule is CCOc1ccccc1C(=O)OC(C)C(=O)NC(N)=O. The molecule has 0 aliphatic carbocycles. The van der Waals surface area contributed by atoms with E-state index in [4.69, 9.17) is 15.2 Å². The summed E-state index contributed by atoms with van der Waals surface area (Å²) >= 11 is 0. The van der Waals surface area contributed by atoms with Gasteiger partial charge in [-0.2, -0.15) is 0 Å². The summed E-state index contributed by atoms with van der Waals surface area (Å²) in [5, 5.41) is 1.83. The van der Waals surface area contributed by atoms with Crippen molar-refractivity contribution in [2.75, 3.05) is 6.61 Å². The zero-order chi connectivity index (χ0) is 15.1. The molecule has 1 rings (SSSR count). The van der Waals surface area contributed by atoms with Gasteiger partial charge < -0.3 is 15.2 Å². The number of primary amides is 1. The van der Waals surface area contributed by atoms with Crippen LogP contribution >= 0.6 is 0 Å². The molecule has 3 N–H and O–H groups in total. The molecule has 0 bridgehead atoms. The number of nitrogens with one attached hydrogen (secondary N) is 1. The predicted octanol–water partition coefficient (Wildman–Crippen LogP) is 0.826. The minimum Gasteiger partial charge on any atom is -0.493 e. The predicted molar refractivity (Wildman–Crippen MR) is 70.2 cm³/mol. The van der Waals surface area contributed by atoms with E-state index in [0.717, 1.165) is 0 Å². The topological polar surface area (TPSA) is 108 Å². The van der Waals surface area contributed by atoms with Crippen LogP contribution in [0.5, 0.6) is 5.75 Å². The third kappa shape index (κ3) is 4.27. The minimum absolute atomic E-state index is 0.202. The van der Waals surface area contributed by atoms with Crippen molar-refractivity contribution >= 4 is 17.9 Å². The Bertz CT molecular complexity index is 515. The third-order valence-electron chi connectivity index (χ3n) is 2.31. The molecular weight excluding hydrogens is 264 g/mol. The fourth-order valence-electron chi connectivity index (χ4n) is 1.42. The van der Waals surface area contributed by atoms with E-state index in [1.807, 2.05) is 5.32 Å². The highest BCUT2D eigenvalue weighted by atomic mass is 16.5. The molecule has 20 heavy (non-hydrogen) atoms. The average Bonchev–Trinajstić information content (AvgIpc) is 2.38. The van der Waals surface area contributed by atoms with Gasteiger partial charge in [0.2, 0.25) is 0 Å². The second-order valence-electron chi connectivity index (χ2n) is 3.83. The van der Waals surface area contributed by atoms with Crippen LogP contribution in [0.25, 0.3) is 0 Å². The standard InChI is InChI=1S/C13H16N2O5/c1-3-19-10-7-5-4-6-9(10)12(17)20-8(2)11(16)15-13(14)18/h4-8H,3H2,1-2H3,(H3,14,15,16,18). The first-order valence-electron chi connectivity index (χ1n) is 5.98. The summed E-state index contributed by atoms with van der Waals surface area (Å²) in [6, 6.07) is 5.49. The number of hydrogen-bond acceptors (Lipinski definition) is 5. The largest absolute Gasteiger partial charge is 0.493 e. The Balaban J connectivity index is 2.76. The molecule has 7 heteroatoms. The van der Waals surface area contributed by atoms with Crippen LogP contribution in [0.15, 0.2) is 24.3 Å². The van der Waals surface area contributed by atoms with Gasteiger partial charge in [-0.25, -0.2) is 9.59 Å². The quantitative estimate of drug-likeness (QED) is 0.776. The van der Waals surface area contributed by atoms with Gasteiger partial charge in [0.15, 0.2) is 6.10 Å². The lowest BCUT2D eigenvalue weighted by Gasteiger charge is -2.14. The van der Waals surface area contributed by atoms with Gasteiger partial charge in [0.25, 0.3) is 5.91 Å². The van der Waals surface area contributed by atoms with Crippen LogP contribution in [-0.4, -0.2) is 30.6 Å². The zero-order valence-electron chi connectivity index (χ0n) is 11.2. The second-order valence-corrected chi connectivity index (χ2v) is 3.83. The fourth-order valence-corrected chi connectivity index (χ4v) is 1.42. The van der Waals surface area contributed by atoms with Gasteiger partial charge in [0, 0.05) is 0 Å². The van der Waals surface area contributed by atoms with Crippen molar-refractivity contribution in [3.05, 3.63) is 29.8 Å². The summed E-state index contributed by atoms with van der Waals surface area (Å²) in [6.07, 6.45) is -1.15. The molecule has 0 saturated heterocycles. The van der Waals surface area contributed by atoms with Gasteiger partial charge in [0.1, 0.15) is 11.3 Å². The number of imide groups is 1. The molecule has 3 amide bonds. The van der Waals surface area contributed by atoms with E-state index in [-0.39, 0.29) is 5.56 Å². The molecule has 0 radical (unpaired) electrons. The maximum absolute atomic E-state index is 11.9. The zero-order valence-corrected chi connectivity index (χ0v) is 11.2. The summed E-state index contributed by atoms with van der Waals surface area (Å²) in [5.41, 5.74) is 5.01. The van der Waals surface area contributed by atoms with Crippen LogP contribution in [0.3, 0.4) is 0 Å². The summed E-state index contributed by atoms with van der Waals surface area (Å²) < 4.78 is 10.2. The number of carbonyl (C=O) groups excluding carboxylic acids is 3. The smallest absolute Gasteiger partial charge is 0.342 e. The first-order valence-corrected chi connectivity index (χ1v) is 5.98. The van der Waals surface area contributed by atoms with Crippen LogP contribution in [0.1, 0.15) is 24.2 Å². The molecule has 0 spiro atoms. The molecule has 1 aromatic rings. The second kappa shape index (κ2) is 7.13. The van der Waals surface area contributed by atoms with Gasteiger partial charge in [-0.3, -0.25) is 10.1 Å². The molecule has 0 aromatic heterocycles. The number of benzene rings is 1. The van der Waals surface area contributed by atoms with E-state index >= 15 is 0 Å². The molecule has 7 nitrogen and oxygen atoms in total. The van der Waals surface area contributed by atoms with Crippen molar-refractivity contribution in [2.45, 2.75) is 20.0 Å².